The number of para-hydroxylation sites is 2. The Balaban J connectivity index is 1.69. The molecule has 7 heteroatoms. The van der Waals surface area contributed by atoms with Crippen molar-refractivity contribution in [3.63, 3.8) is 0 Å². The van der Waals surface area contributed by atoms with Gasteiger partial charge in [-0.3, -0.25) is 4.98 Å². The number of nitrogens with zero attached hydrogens (tertiary/aromatic N) is 4. The summed E-state index contributed by atoms with van der Waals surface area (Å²) in [6, 6.07) is 12.8. The van der Waals surface area contributed by atoms with E-state index in [4.69, 9.17) is 11.6 Å². The van der Waals surface area contributed by atoms with E-state index >= 15 is 0 Å². The minimum Gasteiger partial charge on any atom is -0.382 e. The molecule has 134 valence electrons. The van der Waals surface area contributed by atoms with Gasteiger partial charge in [0, 0.05) is 24.7 Å². The third kappa shape index (κ3) is 2.96. The summed E-state index contributed by atoms with van der Waals surface area (Å²) >= 11 is 6.27. The maximum Gasteiger partial charge on any atom is 0.149 e. The van der Waals surface area contributed by atoms with E-state index in [0.29, 0.717) is 34.7 Å². The minimum absolute atomic E-state index is 0.147. The van der Waals surface area contributed by atoms with Crippen molar-refractivity contribution in [3.8, 4) is 6.07 Å². The number of aryl methyl sites for hydroxylation is 1. The summed E-state index contributed by atoms with van der Waals surface area (Å²) in [5.41, 5.74) is 2.94. The predicted molar refractivity (Wildman–Crippen MR) is 104 cm³/mol. The normalized spacial score (nSPS) is 11.0. The topological polar surface area (TPSA) is 66.5 Å². The highest BCUT2D eigenvalue weighted by Crippen LogP contribution is 2.33. The van der Waals surface area contributed by atoms with E-state index in [1.807, 2.05) is 31.2 Å². The summed E-state index contributed by atoms with van der Waals surface area (Å²) in [6.45, 7) is 3.10. The van der Waals surface area contributed by atoms with Crippen LogP contribution in [0.4, 0.5) is 10.1 Å². The molecular weight excluding hydrogens is 365 g/mol. The molecule has 5 nitrogen and oxygen atoms in total. The Morgan fingerprint density at radius 1 is 1.26 bits per heavy atom. The van der Waals surface area contributed by atoms with Crippen molar-refractivity contribution in [3.05, 3.63) is 64.8 Å². The number of rotatable bonds is 4. The highest BCUT2D eigenvalue weighted by atomic mass is 35.5. The molecule has 2 aromatic carbocycles. The van der Waals surface area contributed by atoms with Gasteiger partial charge in [0.1, 0.15) is 23.2 Å². The molecule has 0 spiro atoms. The van der Waals surface area contributed by atoms with Gasteiger partial charge in [0.05, 0.1) is 27.3 Å². The molecule has 4 aromatic rings. The van der Waals surface area contributed by atoms with Crippen LogP contribution in [0, 0.1) is 24.1 Å². The van der Waals surface area contributed by atoms with E-state index in [-0.39, 0.29) is 5.52 Å². The SMILES string of the molecule is Cc1nc2ccccc2n1CCNc1c(C#N)cnc2c(F)ccc(Cl)c12. The number of nitriles is 1. The highest BCUT2D eigenvalue weighted by molar-refractivity contribution is 6.36. The molecule has 4 rings (SSSR count). The van der Waals surface area contributed by atoms with Crippen molar-refractivity contribution in [2.24, 2.45) is 0 Å². The van der Waals surface area contributed by atoms with Crippen LogP contribution in [0.1, 0.15) is 11.4 Å². The Hall–Kier alpha value is -3.17. The molecule has 0 saturated heterocycles. The Kier molecular flexibility index (Phi) is 4.38. The summed E-state index contributed by atoms with van der Waals surface area (Å²) in [4.78, 5) is 8.60. The van der Waals surface area contributed by atoms with Crippen LogP contribution in [-0.2, 0) is 6.54 Å². The molecule has 2 heterocycles. The number of fused-ring (bicyclic) bond motifs is 2. The first-order chi connectivity index (χ1) is 13.1. The van der Waals surface area contributed by atoms with Gasteiger partial charge in [-0.15, -0.1) is 0 Å². The molecule has 0 amide bonds. The Bertz CT molecular complexity index is 1210. The van der Waals surface area contributed by atoms with Crippen molar-refractivity contribution in [1.82, 2.24) is 14.5 Å². The molecule has 0 fully saturated rings. The van der Waals surface area contributed by atoms with E-state index < -0.39 is 5.82 Å². The quantitative estimate of drug-likeness (QED) is 0.559. The molecule has 0 aliphatic carbocycles. The van der Waals surface area contributed by atoms with Gasteiger partial charge in [0.25, 0.3) is 0 Å². The zero-order valence-corrected chi connectivity index (χ0v) is 15.3. The second-order valence-corrected chi connectivity index (χ2v) is 6.54. The van der Waals surface area contributed by atoms with Crippen LogP contribution in [-0.4, -0.2) is 21.1 Å². The van der Waals surface area contributed by atoms with Crippen LogP contribution < -0.4 is 5.32 Å². The van der Waals surface area contributed by atoms with Gasteiger partial charge in [-0.1, -0.05) is 23.7 Å². The number of nitrogens with one attached hydrogen (secondary N) is 1. The lowest BCUT2D eigenvalue weighted by Crippen LogP contribution is -2.13. The van der Waals surface area contributed by atoms with E-state index in [1.165, 1.54) is 18.3 Å². The summed E-state index contributed by atoms with van der Waals surface area (Å²) < 4.78 is 16.2. The molecule has 0 unspecified atom stereocenters. The minimum atomic E-state index is -0.474. The van der Waals surface area contributed by atoms with Crippen molar-refractivity contribution < 1.29 is 4.39 Å². The lowest BCUT2D eigenvalue weighted by atomic mass is 10.1. The van der Waals surface area contributed by atoms with Crippen LogP contribution in [0.3, 0.4) is 0 Å². The third-order valence-electron chi connectivity index (χ3n) is 4.52. The van der Waals surface area contributed by atoms with Gasteiger partial charge in [0.2, 0.25) is 0 Å². The van der Waals surface area contributed by atoms with Gasteiger partial charge in [-0.25, -0.2) is 9.37 Å². The average Bonchev–Trinajstić information content (AvgIpc) is 3.00. The first-order valence-corrected chi connectivity index (χ1v) is 8.80. The monoisotopic (exact) mass is 379 g/mol. The lowest BCUT2D eigenvalue weighted by molar-refractivity contribution is 0.637. The van der Waals surface area contributed by atoms with E-state index in [9.17, 15) is 9.65 Å². The Morgan fingerprint density at radius 2 is 2.07 bits per heavy atom. The lowest BCUT2D eigenvalue weighted by Gasteiger charge is -2.14. The van der Waals surface area contributed by atoms with Crippen LogP contribution in [0.15, 0.2) is 42.6 Å². The van der Waals surface area contributed by atoms with Crippen LogP contribution in [0.5, 0.6) is 0 Å². The molecule has 0 aliphatic rings. The van der Waals surface area contributed by atoms with Gasteiger partial charge in [-0.2, -0.15) is 5.26 Å². The van der Waals surface area contributed by atoms with E-state index in [1.54, 1.807) is 0 Å². The highest BCUT2D eigenvalue weighted by Gasteiger charge is 2.15. The number of aromatic nitrogens is 3. The fourth-order valence-electron chi connectivity index (χ4n) is 3.27. The number of hydrogen-bond acceptors (Lipinski definition) is 4. The van der Waals surface area contributed by atoms with E-state index in [0.717, 1.165) is 16.9 Å². The number of halogens is 2. The zero-order chi connectivity index (χ0) is 19.0. The smallest absolute Gasteiger partial charge is 0.149 e. The summed E-state index contributed by atoms with van der Waals surface area (Å²) in [7, 11) is 0. The van der Waals surface area contributed by atoms with Gasteiger partial charge in [0.15, 0.2) is 0 Å². The molecule has 0 saturated carbocycles. The van der Waals surface area contributed by atoms with Gasteiger partial charge < -0.3 is 9.88 Å². The number of benzene rings is 2. The average molecular weight is 380 g/mol. The summed E-state index contributed by atoms with van der Waals surface area (Å²) in [5, 5.41) is 13.4. The Morgan fingerprint density at radius 3 is 2.89 bits per heavy atom. The van der Waals surface area contributed by atoms with Crippen molar-refractivity contribution >= 4 is 39.2 Å². The number of anilines is 1. The summed E-state index contributed by atoms with van der Waals surface area (Å²) in [5.74, 6) is 0.431. The number of imidazole rings is 1. The fraction of sp³-hybridized carbons (Fsp3) is 0.150. The largest absolute Gasteiger partial charge is 0.382 e. The summed E-state index contributed by atoms with van der Waals surface area (Å²) in [6.07, 6.45) is 1.36. The molecule has 0 aliphatic heterocycles. The van der Waals surface area contributed by atoms with Gasteiger partial charge >= 0.3 is 0 Å². The molecule has 0 atom stereocenters. The van der Waals surface area contributed by atoms with Crippen LogP contribution in [0.2, 0.25) is 5.02 Å². The van der Waals surface area contributed by atoms with Crippen LogP contribution in [0.25, 0.3) is 21.9 Å². The second kappa shape index (κ2) is 6.86. The standard InChI is InChI=1S/C20H15ClFN5/c1-12-26-16-4-2-3-5-17(16)27(12)9-8-24-19-13(10-23)11-25-20-15(22)7-6-14(21)18(19)20/h2-7,11H,8-9H2,1H3,(H,24,25). The molecule has 0 bridgehead atoms. The van der Waals surface area contributed by atoms with Crippen molar-refractivity contribution in [2.75, 3.05) is 11.9 Å². The van der Waals surface area contributed by atoms with Crippen molar-refractivity contribution in [1.29, 1.82) is 5.26 Å². The third-order valence-corrected chi connectivity index (χ3v) is 4.84. The zero-order valence-electron chi connectivity index (χ0n) is 14.5. The maximum atomic E-state index is 14.1. The number of pyridine rings is 1. The molecule has 1 N–H and O–H groups in total. The second-order valence-electron chi connectivity index (χ2n) is 6.14. The van der Waals surface area contributed by atoms with Gasteiger partial charge in [-0.05, 0) is 31.2 Å². The first-order valence-electron chi connectivity index (χ1n) is 8.42. The predicted octanol–water partition coefficient (Wildman–Crippen LogP) is 4.67. The first kappa shape index (κ1) is 17.3. The molecule has 2 aromatic heterocycles. The molecule has 0 radical (unpaired) electrons. The van der Waals surface area contributed by atoms with Crippen molar-refractivity contribution in [2.45, 2.75) is 13.5 Å². The maximum absolute atomic E-state index is 14.1. The fourth-order valence-corrected chi connectivity index (χ4v) is 3.52. The molecular formula is C20H15ClFN5. The number of hydrogen-bond donors (Lipinski definition) is 1. The van der Waals surface area contributed by atoms with Crippen LogP contribution >= 0.6 is 11.6 Å². The van der Waals surface area contributed by atoms with E-state index in [2.05, 4.69) is 25.9 Å². The Labute approximate surface area is 160 Å². The molecule has 27 heavy (non-hydrogen) atoms.